The van der Waals surface area contributed by atoms with Crippen molar-refractivity contribution in [2.24, 2.45) is 23.7 Å². The summed E-state index contributed by atoms with van der Waals surface area (Å²) < 4.78 is 16.1. The van der Waals surface area contributed by atoms with Crippen molar-refractivity contribution < 1.29 is 4.39 Å². The molecule has 0 aromatic carbocycles. The van der Waals surface area contributed by atoms with Gasteiger partial charge in [0.25, 0.3) is 0 Å². The van der Waals surface area contributed by atoms with Crippen molar-refractivity contribution in [2.75, 3.05) is 0 Å². The highest BCUT2D eigenvalue weighted by atomic mass is 19.1. The third kappa shape index (κ3) is 3.05. The van der Waals surface area contributed by atoms with Crippen LogP contribution in [0.5, 0.6) is 0 Å². The number of H-pyrrole nitrogens is 1. The molecule has 0 amide bonds. The Morgan fingerprint density at radius 1 is 1.12 bits per heavy atom. The summed E-state index contributed by atoms with van der Waals surface area (Å²) in [5.41, 5.74) is 3.13. The van der Waals surface area contributed by atoms with Gasteiger partial charge in [-0.2, -0.15) is 5.10 Å². The van der Waals surface area contributed by atoms with Crippen LogP contribution in [-0.2, 0) is 6.42 Å². The minimum Gasteiger partial charge on any atom is -0.330 e. The zero-order valence-corrected chi connectivity index (χ0v) is 18.8. The van der Waals surface area contributed by atoms with Gasteiger partial charge in [0, 0.05) is 17.6 Å². The molecule has 0 saturated heterocycles. The van der Waals surface area contributed by atoms with Crippen LogP contribution in [0.2, 0.25) is 0 Å². The molecule has 0 aliphatic heterocycles. The third-order valence-electron chi connectivity index (χ3n) is 8.08. The maximum absolute atomic E-state index is 14.0. The first-order chi connectivity index (χ1) is 15.5. The second-order valence-corrected chi connectivity index (χ2v) is 10.1. The molecule has 3 aliphatic carbocycles. The number of hydrogen-bond donors (Lipinski definition) is 1. The number of fused-ring (bicyclic) bond motifs is 5. The third-order valence-corrected chi connectivity index (χ3v) is 8.08. The van der Waals surface area contributed by atoms with Crippen molar-refractivity contribution in [3.8, 4) is 11.5 Å². The molecule has 166 valence electrons. The zero-order valence-electron chi connectivity index (χ0n) is 18.8. The summed E-state index contributed by atoms with van der Waals surface area (Å²) in [6.45, 7) is 6.76. The van der Waals surface area contributed by atoms with E-state index in [4.69, 9.17) is 9.97 Å². The van der Waals surface area contributed by atoms with Gasteiger partial charge in [-0.25, -0.2) is 19.3 Å². The maximum atomic E-state index is 14.0. The van der Waals surface area contributed by atoms with E-state index in [0.717, 1.165) is 40.9 Å². The smallest absolute Gasteiger partial charge is 0.181 e. The Balaban J connectivity index is 1.51. The van der Waals surface area contributed by atoms with Crippen molar-refractivity contribution in [1.29, 1.82) is 0 Å². The van der Waals surface area contributed by atoms with Crippen LogP contribution >= 0.6 is 0 Å². The average molecular weight is 433 g/mol. The molecule has 6 nitrogen and oxygen atoms in total. The van der Waals surface area contributed by atoms with Crippen LogP contribution in [-0.4, -0.2) is 29.7 Å². The molecule has 0 radical (unpaired) electrons. The number of aromatic amines is 1. The highest BCUT2D eigenvalue weighted by Gasteiger charge is 2.41. The van der Waals surface area contributed by atoms with Crippen LogP contribution in [0.3, 0.4) is 0 Å². The first-order valence-electron chi connectivity index (χ1n) is 11.9. The lowest BCUT2D eigenvalue weighted by Crippen LogP contribution is -2.39. The number of nitrogens with one attached hydrogen (secondary N) is 1. The predicted octanol–water partition coefficient (Wildman–Crippen LogP) is 5.70. The first-order valence-corrected chi connectivity index (χ1v) is 11.9. The molecule has 3 fully saturated rings. The van der Waals surface area contributed by atoms with Crippen LogP contribution in [0.4, 0.5) is 4.39 Å². The second kappa shape index (κ2) is 7.36. The molecule has 4 aromatic heterocycles. The van der Waals surface area contributed by atoms with Gasteiger partial charge in [-0.3, -0.25) is 5.10 Å². The van der Waals surface area contributed by atoms with Gasteiger partial charge in [-0.1, -0.05) is 6.92 Å². The van der Waals surface area contributed by atoms with E-state index in [0.29, 0.717) is 28.5 Å². The van der Waals surface area contributed by atoms with Crippen molar-refractivity contribution in [3.63, 3.8) is 0 Å². The molecule has 1 N–H and O–H groups in total. The molecular weight excluding hydrogens is 403 g/mol. The SMILES string of the molecule is CC(C)n1ccc2c(C[C@H]3C4CCC(CC4)[C@@H]3C)nc(-c3[nH]nc4ncc(F)cc34)nc21. The van der Waals surface area contributed by atoms with Gasteiger partial charge >= 0.3 is 0 Å². The molecule has 3 saturated carbocycles. The number of hydrogen-bond acceptors (Lipinski definition) is 4. The van der Waals surface area contributed by atoms with E-state index in [1.165, 1.54) is 37.9 Å². The van der Waals surface area contributed by atoms with E-state index < -0.39 is 0 Å². The maximum Gasteiger partial charge on any atom is 0.181 e. The summed E-state index contributed by atoms with van der Waals surface area (Å²) >= 11 is 0. The van der Waals surface area contributed by atoms with Crippen LogP contribution < -0.4 is 0 Å². The molecule has 3 aliphatic rings. The molecule has 2 bridgehead atoms. The van der Waals surface area contributed by atoms with E-state index in [9.17, 15) is 4.39 Å². The Hall–Kier alpha value is -2.83. The summed E-state index contributed by atoms with van der Waals surface area (Å²) in [7, 11) is 0. The molecular formula is C25H29FN6. The van der Waals surface area contributed by atoms with Crippen LogP contribution in [0.15, 0.2) is 24.5 Å². The molecule has 0 unspecified atom stereocenters. The average Bonchev–Trinajstić information content (AvgIpc) is 3.40. The van der Waals surface area contributed by atoms with Gasteiger partial charge in [-0.15, -0.1) is 0 Å². The summed E-state index contributed by atoms with van der Waals surface area (Å²) in [4.78, 5) is 14.1. The topological polar surface area (TPSA) is 72.3 Å². The van der Waals surface area contributed by atoms with E-state index in [2.05, 4.69) is 52.8 Å². The molecule has 7 rings (SSSR count). The highest BCUT2D eigenvalue weighted by molar-refractivity contribution is 5.90. The van der Waals surface area contributed by atoms with Gasteiger partial charge in [-0.05, 0) is 81.8 Å². The van der Waals surface area contributed by atoms with E-state index in [1.54, 1.807) is 0 Å². The lowest BCUT2D eigenvalue weighted by molar-refractivity contribution is 0.0341. The van der Waals surface area contributed by atoms with Gasteiger partial charge in [0.15, 0.2) is 11.5 Å². The monoisotopic (exact) mass is 432 g/mol. The molecule has 4 aromatic rings. The van der Waals surface area contributed by atoms with E-state index in [1.807, 2.05) is 0 Å². The molecule has 4 heterocycles. The molecule has 0 spiro atoms. The highest BCUT2D eigenvalue weighted by Crippen LogP contribution is 2.50. The molecule has 32 heavy (non-hydrogen) atoms. The fourth-order valence-electron chi connectivity index (χ4n) is 6.28. The van der Waals surface area contributed by atoms with Crippen molar-refractivity contribution in [2.45, 2.75) is 58.9 Å². The van der Waals surface area contributed by atoms with Crippen LogP contribution in [0.1, 0.15) is 58.2 Å². The number of aromatic nitrogens is 6. The first kappa shape index (κ1) is 19.8. The van der Waals surface area contributed by atoms with Crippen molar-refractivity contribution in [1.82, 2.24) is 29.7 Å². The number of nitrogens with zero attached hydrogens (tertiary/aromatic N) is 5. The van der Waals surface area contributed by atoms with Gasteiger partial charge in [0.1, 0.15) is 17.2 Å². The van der Waals surface area contributed by atoms with Crippen molar-refractivity contribution >= 4 is 22.1 Å². The predicted molar refractivity (Wildman–Crippen MR) is 123 cm³/mol. The Morgan fingerprint density at radius 3 is 2.66 bits per heavy atom. The number of halogens is 1. The fraction of sp³-hybridized carbons (Fsp3) is 0.520. The standard InChI is InChI=1S/C25H29FN6/c1-13(2)32-9-8-18-21(11-19-14(3)15-4-6-16(19)7-5-15)28-24(29-25(18)32)22-20-10-17(26)12-27-23(20)31-30-22/h8-10,12-16,19H,4-7,11H2,1-3H3,(H,27,30,31)/t14-,15?,16?,19+/m0/s1. The van der Waals surface area contributed by atoms with Gasteiger partial charge < -0.3 is 4.57 Å². The van der Waals surface area contributed by atoms with Gasteiger partial charge in [0.05, 0.1) is 17.3 Å². The summed E-state index contributed by atoms with van der Waals surface area (Å²) in [5, 5.41) is 9.02. The summed E-state index contributed by atoms with van der Waals surface area (Å²) in [6, 6.07) is 3.90. The van der Waals surface area contributed by atoms with E-state index >= 15 is 0 Å². The summed E-state index contributed by atoms with van der Waals surface area (Å²) in [5.74, 6) is 3.22. The lowest BCUT2D eigenvalue weighted by atomic mass is 9.58. The minimum atomic E-state index is -0.390. The Morgan fingerprint density at radius 2 is 1.91 bits per heavy atom. The van der Waals surface area contributed by atoms with Gasteiger partial charge in [0.2, 0.25) is 0 Å². The molecule has 7 heteroatoms. The van der Waals surface area contributed by atoms with Crippen LogP contribution in [0, 0.1) is 29.5 Å². The number of rotatable bonds is 4. The summed E-state index contributed by atoms with van der Waals surface area (Å²) in [6.07, 6.45) is 9.74. The lowest BCUT2D eigenvalue weighted by Gasteiger charge is -2.47. The van der Waals surface area contributed by atoms with Crippen LogP contribution in [0.25, 0.3) is 33.6 Å². The Kier molecular flexibility index (Phi) is 4.56. The minimum absolute atomic E-state index is 0.283. The second-order valence-electron chi connectivity index (χ2n) is 10.1. The molecule has 2 atom stereocenters. The van der Waals surface area contributed by atoms with E-state index in [-0.39, 0.29) is 11.9 Å². The Bertz CT molecular complexity index is 1290. The fourth-order valence-corrected chi connectivity index (χ4v) is 6.28. The van der Waals surface area contributed by atoms with Crippen molar-refractivity contribution in [3.05, 3.63) is 36.0 Å². The normalized spacial score (nSPS) is 25.4. The largest absolute Gasteiger partial charge is 0.330 e. The quantitative estimate of drug-likeness (QED) is 0.449. The number of pyridine rings is 1. The zero-order chi connectivity index (χ0) is 22.0. The Labute approximate surface area is 186 Å².